The van der Waals surface area contributed by atoms with Crippen LogP contribution in [0.25, 0.3) is 0 Å². The minimum absolute atomic E-state index is 0.0757. The number of hydrogen-bond acceptors (Lipinski definition) is 3. The van der Waals surface area contributed by atoms with E-state index in [1.807, 2.05) is 33.8 Å². The molecule has 1 aromatic rings. The zero-order valence-corrected chi connectivity index (χ0v) is 12.5. The standard InChI is InChI=1S/C14H22ClNO2/c1-9(2)18-13-7-11(15)10(6-12(13)17-5)8-14(3,4)16/h6-7,9H,8,16H2,1-5H3. The summed E-state index contributed by atoms with van der Waals surface area (Å²) in [5, 5.41) is 0.657. The molecule has 0 fully saturated rings. The number of rotatable bonds is 5. The van der Waals surface area contributed by atoms with Gasteiger partial charge in [-0.15, -0.1) is 0 Å². The summed E-state index contributed by atoms with van der Waals surface area (Å²) in [5.41, 5.74) is 6.68. The molecule has 1 aromatic carbocycles. The molecule has 0 aliphatic heterocycles. The molecular weight excluding hydrogens is 250 g/mol. The molecule has 2 N–H and O–H groups in total. The Morgan fingerprint density at radius 3 is 2.33 bits per heavy atom. The lowest BCUT2D eigenvalue weighted by Crippen LogP contribution is -2.34. The second-order valence-corrected chi connectivity index (χ2v) is 5.83. The van der Waals surface area contributed by atoms with E-state index in [1.165, 1.54) is 0 Å². The zero-order valence-electron chi connectivity index (χ0n) is 11.7. The number of ether oxygens (including phenoxy) is 2. The smallest absolute Gasteiger partial charge is 0.163 e. The Bertz CT molecular complexity index is 411. The molecule has 0 spiro atoms. The van der Waals surface area contributed by atoms with Gasteiger partial charge in [0, 0.05) is 16.6 Å². The van der Waals surface area contributed by atoms with Gasteiger partial charge in [0.1, 0.15) is 0 Å². The highest BCUT2D eigenvalue weighted by molar-refractivity contribution is 6.31. The Morgan fingerprint density at radius 2 is 1.89 bits per heavy atom. The molecule has 1 rings (SSSR count). The van der Waals surface area contributed by atoms with E-state index in [4.69, 9.17) is 26.8 Å². The molecule has 0 bridgehead atoms. The van der Waals surface area contributed by atoms with Crippen LogP contribution in [0.1, 0.15) is 33.3 Å². The first-order valence-electron chi connectivity index (χ1n) is 6.05. The average molecular weight is 272 g/mol. The average Bonchev–Trinajstić information content (AvgIpc) is 2.19. The maximum atomic E-state index is 6.26. The van der Waals surface area contributed by atoms with Gasteiger partial charge in [-0.2, -0.15) is 0 Å². The van der Waals surface area contributed by atoms with Crippen LogP contribution in [-0.4, -0.2) is 18.8 Å². The van der Waals surface area contributed by atoms with Gasteiger partial charge >= 0.3 is 0 Å². The van der Waals surface area contributed by atoms with Crippen molar-refractivity contribution >= 4 is 11.6 Å². The fraction of sp³-hybridized carbons (Fsp3) is 0.571. The van der Waals surface area contributed by atoms with Gasteiger partial charge in [-0.1, -0.05) is 11.6 Å². The predicted molar refractivity (Wildman–Crippen MR) is 75.7 cm³/mol. The first-order valence-corrected chi connectivity index (χ1v) is 6.42. The van der Waals surface area contributed by atoms with Crippen LogP contribution in [0.15, 0.2) is 12.1 Å². The molecule has 18 heavy (non-hydrogen) atoms. The minimum atomic E-state index is -0.310. The molecule has 0 unspecified atom stereocenters. The maximum Gasteiger partial charge on any atom is 0.163 e. The second-order valence-electron chi connectivity index (χ2n) is 5.43. The van der Waals surface area contributed by atoms with Crippen molar-refractivity contribution in [3.05, 3.63) is 22.7 Å². The monoisotopic (exact) mass is 271 g/mol. The van der Waals surface area contributed by atoms with Gasteiger partial charge < -0.3 is 15.2 Å². The first-order chi connectivity index (χ1) is 8.23. The Hall–Kier alpha value is -0.930. The Labute approximate surface area is 114 Å². The van der Waals surface area contributed by atoms with E-state index in [1.54, 1.807) is 13.2 Å². The van der Waals surface area contributed by atoms with Crippen LogP contribution in [0.4, 0.5) is 0 Å². The van der Waals surface area contributed by atoms with Gasteiger partial charge in [-0.05, 0) is 45.7 Å². The third-order valence-electron chi connectivity index (χ3n) is 2.34. The predicted octanol–water partition coefficient (Wildman–Crippen LogP) is 3.42. The van der Waals surface area contributed by atoms with Gasteiger partial charge in [0.15, 0.2) is 11.5 Å². The number of halogens is 1. The van der Waals surface area contributed by atoms with E-state index in [9.17, 15) is 0 Å². The molecule has 4 heteroatoms. The Kier molecular flexibility index (Phi) is 4.88. The van der Waals surface area contributed by atoms with E-state index >= 15 is 0 Å². The van der Waals surface area contributed by atoms with Gasteiger partial charge in [-0.3, -0.25) is 0 Å². The molecule has 0 atom stereocenters. The summed E-state index contributed by atoms with van der Waals surface area (Å²) in [6.45, 7) is 7.86. The van der Waals surface area contributed by atoms with Crippen LogP contribution >= 0.6 is 11.6 Å². The fourth-order valence-electron chi connectivity index (χ4n) is 1.71. The third-order valence-corrected chi connectivity index (χ3v) is 2.69. The van der Waals surface area contributed by atoms with Gasteiger partial charge in [0.25, 0.3) is 0 Å². The zero-order chi connectivity index (χ0) is 13.9. The molecule has 0 saturated heterocycles. The van der Waals surface area contributed by atoms with E-state index in [0.29, 0.717) is 22.9 Å². The minimum Gasteiger partial charge on any atom is -0.493 e. The van der Waals surface area contributed by atoms with Crippen molar-refractivity contribution in [3.8, 4) is 11.5 Å². The Morgan fingerprint density at radius 1 is 1.28 bits per heavy atom. The second kappa shape index (κ2) is 5.81. The van der Waals surface area contributed by atoms with Crippen LogP contribution in [-0.2, 0) is 6.42 Å². The summed E-state index contributed by atoms with van der Waals surface area (Å²) in [7, 11) is 1.62. The lowest BCUT2D eigenvalue weighted by Gasteiger charge is -2.21. The molecule has 0 aliphatic rings. The van der Waals surface area contributed by atoms with Crippen LogP contribution in [0.2, 0.25) is 5.02 Å². The van der Waals surface area contributed by atoms with Crippen molar-refractivity contribution in [1.29, 1.82) is 0 Å². The third kappa shape index (κ3) is 4.39. The van der Waals surface area contributed by atoms with E-state index < -0.39 is 0 Å². The number of methoxy groups -OCH3 is 1. The molecule has 0 amide bonds. The van der Waals surface area contributed by atoms with Crippen molar-refractivity contribution in [2.24, 2.45) is 5.73 Å². The van der Waals surface area contributed by atoms with Crippen LogP contribution in [0, 0.1) is 0 Å². The topological polar surface area (TPSA) is 44.5 Å². The van der Waals surface area contributed by atoms with Crippen molar-refractivity contribution in [2.45, 2.75) is 45.8 Å². The number of hydrogen-bond donors (Lipinski definition) is 1. The largest absolute Gasteiger partial charge is 0.493 e. The summed E-state index contributed by atoms with van der Waals surface area (Å²) < 4.78 is 11.0. The molecule has 102 valence electrons. The maximum absolute atomic E-state index is 6.26. The summed E-state index contributed by atoms with van der Waals surface area (Å²) >= 11 is 6.26. The van der Waals surface area contributed by atoms with Crippen molar-refractivity contribution in [3.63, 3.8) is 0 Å². The lowest BCUT2D eigenvalue weighted by atomic mass is 9.96. The first kappa shape index (κ1) is 15.1. The van der Waals surface area contributed by atoms with Gasteiger partial charge in [0.05, 0.1) is 13.2 Å². The molecular formula is C14H22ClNO2. The fourth-order valence-corrected chi connectivity index (χ4v) is 1.93. The van der Waals surface area contributed by atoms with E-state index in [0.717, 1.165) is 5.56 Å². The lowest BCUT2D eigenvalue weighted by molar-refractivity contribution is 0.230. The quantitative estimate of drug-likeness (QED) is 0.892. The van der Waals surface area contributed by atoms with Crippen LogP contribution < -0.4 is 15.2 Å². The summed E-state index contributed by atoms with van der Waals surface area (Å²) in [6, 6.07) is 3.69. The highest BCUT2D eigenvalue weighted by Gasteiger charge is 2.17. The summed E-state index contributed by atoms with van der Waals surface area (Å²) in [6.07, 6.45) is 0.760. The summed E-state index contributed by atoms with van der Waals surface area (Å²) in [5.74, 6) is 1.35. The van der Waals surface area contributed by atoms with Crippen LogP contribution in [0.3, 0.4) is 0 Å². The van der Waals surface area contributed by atoms with E-state index in [2.05, 4.69) is 0 Å². The van der Waals surface area contributed by atoms with Gasteiger partial charge in [0.2, 0.25) is 0 Å². The molecule has 0 aliphatic carbocycles. The summed E-state index contributed by atoms with van der Waals surface area (Å²) in [4.78, 5) is 0. The van der Waals surface area contributed by atoms with Gasteiger partial charge in [-0.25, -0.2) is 0 Å². The Balaban J connectivity index is 3.10. The number of nitrogens with two attached hydrogens (primary N) is 1. The van der Waals surface area contributed by atoms with Crippen molar-refractivity contribution in [1.82, 2.24) is 0 Å². The van der Waals surface area contributed by atoms with Crippen molar-refractivity contribution in [2.75, 3.05) is 7.11 Å². The van der Waals surface area contributed by atoms with Crippen LogP contribution in [0.5, 0.6) is 11.5 Å². The van der Waals surface area contributed by atoms with Crippen molar-refractivity contribution < 1.29 is 9.47 Å². The highest BCUT2D eigenvalue weighted by atomic mass is 35.5. The molecule has 0 saturated carbocycles. The highest BCUT2D eigenvalue weighted by Crippen LogP contribution is 2.35. The number of benzene rings is 1. The SMILES string of the molecule is COc1cc(CC(C)(C)N)c(Cl)cc1OC(C)C. The molecule has 0 heterocycles. The van der Waals surface area contributed by atoms with E-state index in [-0.39, 0.29) is 11.6 Å². The molecule has 0 radical (unpaired) electrons. The molecule has 3 nitrogen and oxygen atoms in total. The molecule has 0 aromatic heterocycles. The normalized spacial score (nSPS) is 11.8.